The second kappa shape index (κ2) is 4.42. The summed E-state index contributed by atoms with van der Waals surface area (Å²) in [6, 6.07) is 1.53. The minimum absolute atomic E-state index is 0.177. The van der Waals surface area contributed by atoms with Gasteiger partial charge in [0.25, 0.3) is 0 Å². The summed E-state index contributed by atoms with van der Waals surface area (Å²) in [5.41, 5.74) is 1.68. The first-order valence-corrected chi connectivity index (χ1v) is 5.87. The van der Waals surface area contributed by atoms with E-state index in [1.807, 2.05) is 0 Å². The van der Waals surface area contributed by atoms with Gasteiger partial charge in [0, 0.05) is 11.6 Å². The van der Waals surface area contributed by atoms with Crippen molar-refractivity contribution in [3.05, 3.63) is 28.0 Å². The Hall–Kier alpha value is -1.09. The zero-order valence-corrected chi connectivity index (χ0v) is 9.92. The number of halogens is 1. The van der Waals surface area contributed by atoms with Gasteiger partial charge in [0.2, 0.25) is 0 Å². The molecule has 0 saturated heterocycles. The number of aromatic carboxylic acids is 1. The first-order valence-electron chi connectivity index (χ1n) is 5.50. The fourth-order valence-corrected chi connectivity index (χ4v) is 2.64. The van der Waals surface area contributed by atoms with Gasteiger partial charge in [-0.05, 0) is 25.8 Å². The lowest BCUT2D eigenvalue weighted by Gasteiger charge is -2.13. The molecule has 0 radical (unpaired) electrons. The standard InChI is InChI=1S/C12H14ClNO2/c1-7-6-9(12(15)16)10(13)11(14-7)8-4-2-3-5-8/h6,8H,2-5H2,1H3,(H,15,16). The normalized spacial score (nSPS) is 16.6. The van der Waals surface area contributed by atoms with E-state index >= 15 is 0 Å². The first-order chi connectivity index (χ1) is 7.59. The third kappa shape index (κ3) is 2.05. The van der Waals surface area contributed by atoms with E-state index in [0.29, 0.717) is 10.9 Å². The van der Waals surface area contributed by atoms with Crippen LogP contribution in [-0.2, 0) is 0 Å². The molecule has 4 heteroatoms. The van der Waals surface area contributed by atoms with Crippen molar-refractivity contribution in [2.24, 2.45) is 0 Å². The van der Waals surface area contributed by atoms with Crippen LogP contribution in [0, 0.1) is 6.92 Å². The molecule has 1 aromatic rings. The maximum absolute atomic E-state index is 11.0. The van der Waals surface area contributed by atoms with Crippen LogP contribution in [-0.4, -0.2) is 16.1 Å². The maximum Gasteiger partial charge on any atom is 0.337 e. The number of aromatic nitrogens is 1. The van der Waals surface area contributed by atoms with Gasteiger partial charge in [0.05, 0.1) is 16.3 Å². The molecule has 16 heavy (non-hydrogen) atoms. The molecule has 0 aromatic carbocycles. The zero-order chi connectivity index (χ0) is 11.7. The minimum Gasteiger partial charge on any atom is -0.478 e. The monoisotopic (exact) mass is 239 g/mol. The molecule has 1 N–H and O–H groups in total. The van der Waals surface area contributed by atoms with Crippen molar-refractivity contribution in [2.45, 2.75) is 38.5 Å². The predicted molar refractivity (Wildman–Crippen MR) is 62.2 cm³/mol. The average molecular weight is 240 g/mol. The molecule has 0 unspecified atom stereocenters. The van der Waals surface area contributed by atoms with Crippen LogP contribution >= 0.6 is 11.6 Å². The van der Waals surface area contributed by atoms with Crippen molar-refractivity contribution in [1.82, 2.24) is 4.98 Å². The molecular formula is C12H14ClNO2. The highest BCUT2D eigenvalue weighted by Crippen LogP contribution is 2.37. The van der Waals surface area contributed by atoms with Crippen LogP contribution in [0.4, 0.5) is 0 Å². The number of pyridine rings is 1. The number of hydrogen-bond acceptors (Lipinski definition) is 2. The molecule has 1 saturated carbocycles. The number of nitrogens with zero attached hydrogens (tertiary/aromatic N) is 1. The average Bonchev–Trinajstić information content (AvgIpc) is 2.73. The summed E-state index contributed by atoms with van der Waals surface area (Å²) >= 11 is 6.11. The number of aryl methyl sites for hydroxylation is 1. The molecule has 0 amide bonds. The third-order valence-corrected chi connectivity index (χ3v) is 3.48. The van der Waals surface area contributed by atoms with Crippen molar-refractivity contribution in [3.8, 4) is 0 Å². The van der Waals surface area contributed by atoms with Crippen LogP contribution < -0.4 is 0 Å². The van der Waals surface area contributed by atoms with E-state index in [-0.39, 0.29) is 5.56 Å². The highest BCUT2D eigenvalue weighted by Gasteiger charge is 2.24. The molecule has 86 valence electrons. The number of carboxylic acid groups (broad SMARTS) is 1. The van der Waals surface area contributed by atoms with Crippen LogP contribution in [0.2, 0.25) is 5.02 Å². The van der Waals surface area contributed by atoms with Gasteiger partial charge in [-0.15, -0.1) is 0 Å². The summed E-state index contributed by atoms with van der Waals surface area (Å²) in [4.78, 5) is 15.4. The van der Waals surface area contributed by atoms with Gasteiger partial charge in [-0.2, -0.15) is 0 Å². The van der Waals surface area contributed by atoms with Crippen molar-refractivity contribution in [2.75, 3.05) is 0 Å². The third-order valence-electron chi connectivity index (χ3n) is 3.08. The smallest absolute Gasteiger partial charge is 0.337 e. The Morgan fingerprint density at radius 1 is 1.50 bits per heavy atom. The number of hydrogen-bond donors (Lipinski definition) is 1. The van der Waals surface area contributed by atoms with Crippen LogP contribution in [0.15, 0.2) is 6.07 Å². The SMILES string of the molecule is Cc1cc(C(=O)O)c(Cl)c(C2CCCC2)n1. The van der Waals surface area contributed by atoms with Gasteiger partial charge in [-0.3, -0.25) is 4.98 Å². The Bertz CT molecular complexity index is 425. The van der Waals surface area contributed by atoms with Gasteiger partial charge in [0.1, 0.15) is 0 Å². The Morgan fingerprint density at radius 2 is 2.12 bits per heavy atom. The van der Waals surface area contributed by atoms with Crippen molar-refractivity contribution < 1.29 is 9.90 Å². The molecule has 0 spiro atoms. The van der Waals surface area contributed by atoms with Gasteiger partial charge in [-0.25, -0.2) is 4.79 Å². The van der Waals surface area contributed by atoms with Gasteiger partial charge < -0.3 is 5.11 Å². The van der Waals surface area contributed by atoms with E-state index in [9.17, 15) is 4.79 Å². The summed E-state index contributed by atoms with van der Waals surface area (Å²) in [7, 11) is 0. The molecule has 1 fully saturated rings. The number of carbonyl (C=O) groups is 1. The zero-order valence-electron chi connectivity index (χ0n) is 9.16. The second-order valence-electron chi connectivity index (χ2n) is 4.30. The maximum atomic E-state index is 11.0. The molecule has 2 rings (SSSR count). The Balaban J connectivity index is 2.47. The van der Waals surface area contributed by atoms with Crippen LogP contribution in [0.25, 0.3) is 0 Å². The van der Waals surface area contributed by atoms with Gasteiger partial charge in [-0.1, -0.05) is 24.4 Å². The summed E-state index contributed by atoms with van der Waals surface area (Å²) in [6.45, 7) is 1.81. The molecule has 1 heterocycles. The van der Waals surface area contributed by atoms with Crippen molar-refractivity contribution >= 4 is 17.6 Å². The van der Waals surface area contributed by atoms with E-state index in [2.05, 4.69) is 4.98 Å². The second-order valence-corrected chi connectivity index (χ2v) is 4.67. The molecule has 0 atom stereocenters. The van der Waals surface area contributed by atoms with E-state index in [1.165, 1.54) is 18.9 Å². The molecule has 1 aliphatic rings. The lowest BCUT2D eigenvalue weighted by atomic mass is 10.0. The fourth-order valence-electron chi connectivity index (χ4n) is 2.31. The van der Waals surface area contributed by atoms with E-state index in [4.69, 9.17) is 16.7 Å². The quantitative estimate of drug-likeness (QED) is 0.861. The highest BCUT2D eigenvalue weighted by atomic mass is 35.5. The lowest BCUT2D eigenvalue weighted by Crippen LogP contribution is -2.06. The Morgan fingerprint density at radius 3 is 2.69 bits per heavy atom. The molecule has 1 aliphatic carbocycles. The van der Waals surface area contributed by atoms with Crippen LogP contribution in [0.5, 0.6) is 0 Å². The van der Waals surface area contributed by atoms with Crippen molar-refractivity contribution in [3.63, 3.8) is 0 Å². The summed E-state index contributed by atoms with van der Waals surface area (Å²) < 4.78 is 0. The summed E-state index contributed by atoms with van der Waals surface area (Å²) in [6.07, 6.45) is 4.49. The van der Waals surface area contributed by atoms with Crippen LogP contribution in [0.1, 0.15) is 53.3 Å². The molecule has 0 bridgehead atoms. The lowest BCUT2D eigenvalue weighted by molar-refractivity contribution is 0.0696. The van der Waals surface area contributed by atoms with Gasteiger partial charge in [0.15, 0.2) is 0 Å². The Kier molecular flexibility index (Phi) is 3.15. The van der Waals surface area contributed by atoms with Gasteiger partial charge >= 0.3 is 5.97 Å². The highest BCUT2D eigenvalue weighted by molar-refractivity contribution is 6.34. The van der Waals surface area contributed by atoms with E-state index in [1.54, 1.807) is 6.92 Å². The number of carboxylic acids is 1. The topological polar surface area (TPSA) is 50.2 Å². The first kappa shape index (κ1) is 11.4. The minimum atomic E-state index is -0.977. The predicted octanol–water partition coefficient (Wildman–Crippen LogP) is 3.40. The van der Waals surface area contributed by atoms with E-state index < -0.39 is 5.97 Å². The Labute approximate surface area is 99.5 Å². The van der Waals surface area contributed by atoms with E-state index in [0.717, 1.165) is 24.2 Å². The summed E-state index contributed by atoms with van der Waals surface area (Å²) in [5, 5.41) is 9.37. The van der Waals surface area contributed by atoms with Crippen LogP contribution in [0.3, 0.4) is 0 Å². The molecule has 0 aliphatic heterocycles. The molecular weight excluding hydrogens is 226 g/mol. The fraction of sp³-hybridized carbons (Fsp3) is 0.500. The molecule has 3 nitrogen and oxygen atoms in total. The molecule has 1 aromatic heterocycles. The summed E-state index contributed by atoms with van der Waals surface area (Å²) in [5.74, 6) is -0.639. The van der Waals surface area contributed by atoms with Crippen molar-refractivity contribution in [1.29, 1.82) is 0 Å². The number of rotatable bonds is 2. The largest absolute Gasteiger partial charge is 0.478 e.